The van der Waals surface area contributed by atoms with Gasteiger partial charge in [-0.1, -0.05) is 50.5 Å². The van der Waals surface area contributed by atoms with Crippen LogP contribution in [0.2, 0.25) is 0 Å². The lowest BCUT2D eigenvalue weighted by Crippen LogP contribution is -2.23. The van der Waals surface area contributed by atoms with E-state index in [4.69, 9.17) is 4.74 Å². The van der Waals surface area contributed by atoms with Crippen LogP contribution < -0.4 is 0 Å². The van der Waals surface area contributed by atoms with Gasteiger partial charge in [0.05, 0.1) is 18.8 Å². The van der Waals surface area contributed by atoms with E-state index in [2.05, 4.69) is 6.92 Å². The smallest absolute Gasteiger partial charge is 0.121 e. The van der Waals surface area contributed by atoms with Crippen molar-refractivity contribution < 1.29 is 20.1 Å². The molecule has 0 saturated heterocycles. The first kappa shape index (κ1) is 18.7. The second-order valence-corrected chi connectivity index (χ2v) is 5.39. The van der Waals surface area contributed by atoms with Crippen LogP contribution in [0.15, 0.2) is 24.3 Å². The van der Waals surface area contributed by atoms with E-state index >= 15 is 0 Å². The summed E-state index contributed by atoms with van der Waals surface area (Å²) >= 11 is 0. The van der Waals surface area contributed by atoms with Crippen molar-refractivity contribution in [1.29, 1.82) is 0 Å². The van der Waals surface area contributed by atoms with Crippen molar-refractivity contribution in [2.24, 2.45) is 0 Å². The van der Waals surface area contributed by atoms with Crippen molar-refractivity contribution in [2.45, 2.75) is 58.3 Å². The Hall–Kier alpha value is -1.36. The fraction of sp³-hybridized carbons (Fsp3) is 0.556. The molecule has 0 amide bonds. The molecule has 1 rings (SSSR count). The molecule has 0 aliphatic carbocycles. The van der Waals surface area contributed by atoms with Gasteiger partial charge in [0.25, 0.3) is 0 Å². The molecule has 4 nitrogen and oxygen atoms in total. The molecule has 2 atom stereocenters. The molecule has 0 aliphatic heterocycles. The number of ether oxygens (including phenoxy) is 1. The molecule has 0 radical (unpaired) electrons. The highest BCUT2D eigenvalue weighted by Gasteiger charge is 2.13. The Morgan fingerprint density at radius 2 is 1.95 bits per heavy atom. The zero-order chi connectivity index (χ0) is 16.4. The summed E-state index contributed by atoms with van der Waals surface area (Å²) in [5, 5.41) is 29.8. The van der Waals surface area contributed by atoms with Crippen LogP contribution in [0.4, 0.5) is 0 Å². The normalized spacial score (nSPS) is 14.4. The average molecular weight is 308 g/mol. The predicted molar refractivity (Wildman–Crippen MR) is 88.6 cm³/mol. The zero-order valence-corrected chi connectivity index (χ0v) is 13.5. The van der Waals surface area contributed by atoms with E-state index in [0.717, 1.165) is 24.8 Å². The maximum atomic E-state index is 9.98. The SMILES string of the molecule is CCCCCC(O)C(O)C=Cc1cccc(O)c1COCC. The third-order valence-corrected chi connectivity index (χ3v) is 3.61. The van der Waals surface area contributed by atoms with E-state index < -0.39 is 12.2 Å². The lowest BCUT2D eigenvalue weighted by atomic mass is 10.0. The number of phenols is 1. The summed E-state index contributed by atoms with van der Waals surface area (Å²) < 4.78 is 5.36. The molecule has 0 saturated carbocycles. The zero-order valence-electron chi connectivity index (χ0n) is 13.5. The number of rotatable bonds is 10. The predicted octanol–water partition coefficient (Wildman–Crippen LogP) is 3.24. The molecule has 4 heteroatoms. The molecule has 0 spiro atoms. The average Bonchev–Trinajstić information content (AvgIpc) is 2.51. The van der Waals surface area contributed by atoms with Crippen LogP contribution in [0.1, 0.15) is 50.7 Å². The molecule has 2 unspecified atom stereocenters. The summed E-state index contributed by atoms with van der Waals surface area (Å²) in [7, 11) is 0. The van der Waals surface area contributed by atoms with E-state index in [9.17, 15) is 15.3 Å². The van der Waals surface area contributed by atoms with Gasteiger partial charge in [-0.05, 0) is 25.0 Å². The maximum Gasteiger partial charge on any atom is 0.121 e. The first-order valence-corrected chi connectivity index (χ1v) is 8.03. The highest BCUT2D eigenvalue weighted by molar-refractivity contribution is 5.58. The molecule has 0 aromatic heterocycles. The first-order chi connectivity index (χ1) is 10.6. The molecular formula is C18H28O4. The number of benzene rings is 1. The highest BCUT2D eigenvalue weighted by Crippen LogP contribution is 2.23. The third kappa shape index (κ3) is 6.18. The lowest BCUT2D eigenvalue weighted by Gasteiger charge is -2.14. The fourth-order valence-electron chi connectivity index (χ4n) is 2.21. The summed E-state index contributed by atoms with van der Waals surface area (Å²) in [6.45, 7) is 4.88. The molecule has 0 fully saturated rings. The number of hydrogen-bond acceptors (Lipinski definition) is 4. The van der Waals surface area contributed by atoms with Crippen molar-refractivity contribution in [3.63, 3.8) is 0 Å². The summed E-state index contributed by atoms with van der Waals surface area (Å²) in [4.78, 5) is 0. The molecule has 0 heterocycles. The minimum atomic E-state index is -0.904. The van der Waals surface area contributed by atoms with Gasteiger partial charge in [0.15, 0.2) is 0 Å². The van der Waals surface area contributed by atoms with E-state index in [0.29, 0.717) is 25.2 Å². The first-order valence-electron chi connectivity index (χ1n) is 8.03. The topological polar surface area (TPSA) is 69.9 Å². The molecular weight excluding hydrogens is 280 g/mol. The largest absolute Gasteiger partial charge is 0.508 e. The molecule has 1 aromatic rings. The van der Waals surface area contributed by atoms with Gasteiger partial charge in [-0.15, -0.1) is 0 Å². The molecule has 1 aromatic carbocycles. The second kappa shape index (κ2) is 10.4. The van der Waals surface area contributed by atoms with Crippen LogP contribution in [0.3, 0.4) is 0 Å². The Labute approximate surface area is 133 Å². The number of unbranched alkanes of at least 4 members (excludes halogenated alkanes) is 2. The van der Waals surface area contributed by atoms with Crippen LogP contribution >= 0.6 is 0 Å². The number of aliphatic hydroxyl groups is 2. The van der Waals surface area contributed by atoms with Crippen LogP contribution in [0.25, 0.3) is 6.08 Å². The summed E-state index contributed by atoms with van der Waals surface area (Å²) in [6.07, 6.45) is 5.27. The quantitative estimate of drug-likeness (QED) is 0.580. The number of aliphatic hydroxyl groups excluding tert-OH is 2. The monoisotopic (exact) mass is 308 g/mol. The van der Waals surface area contributed by atoms with Gasteiger partial charge in [-0.25, -0.2) is 0 Å². The summed E-state index contributed by atoms with van der Waals surface area (Å²) in [5.41, 5.74) is 1.47. The van der Waals surface area contributed by atoms with Crippen molar-refractivity contribution >= 4 is 6.08 Å². The van der Waals surface area contributed by atoms with Crippen molar-refractivity contribution in [3.05, 3.63) is 35.4 Å². The molecule has 0 aliphatic rings. The minimum Gasteiger partial charge on any atom is -0.508 e. The van der Waals surface area contributed by atoms with Gasteiger partial charge in [0.1, 0.15) is 5.75 Å². The van der Waals surface area contributed by atoms with Gasteiger partial charge in [-0.2, -0.15) is 0 Å². The molecule has 124 valence electrons. The standard InChI is InChI=1S/C18H28O4/c1-3-5-6-9-17(20)18(21)12-11-14-8-7-10-16(19)15(14)13-22-4-2/h7-8,10-12,17-21H,3-6,9,13H2,1-2H3. The highest BCUT2D eigenvalue weighted by atomic mass is 16.5. The molecule has 0 bridgehead atoms. The van der Waals surface area contributed by atoms with E-state index in [1.807, 2.05) is 13.0 Å². The van der Waals surface area contributed by atoms with Crippen LogP contribution in [-0.2, 0) is 11.3 Å². The third-order valence-electron chi connectivity index (χ3n) is 3.61. The van der Waals surface area contributed by atoms with E-state index in [1.54, 1.807) is 24.3 Å². The van der Waals surface area contributed by atoms with Crippen molar-refractivity contribution in [2.75, 3.05) is 6.61 Å². The number of hydrogen-bond donors (Lipinski definition) is 3. The van der Waals surface area contributed by atoms with Crippen molar-refractivity contribution in [1.82, 2.24) is 0 Å². The number of aromatic hydroxyl groups is 1. The van der Waals surface area contributed by atoms with Crippen LogP contribution in [-0.4, -0.2) is 34.1 Å². The van der Waals surface area contributed by atoms with Gasteiger partial charge in [-0.3, -0.25) is 0 Å². The Bertz CT molecular complexity index is 456. The van der Waals surface area contributed by atoms with Gasteiger partial charge in [0, 0.05) is 12.2 Å². The Balaban J connectivity index is 2.70. The van der Waals surface area contributed by atoms with Crippen molar-refractivity contribution in [3.8, 4) is 5.75 Å². The van der Waals surface area contributed by atoms with Crippen LogP contribution in [0, 0.1) is 0 Å². The van der Waals surface area contributed by atoms with E-state index in [-0.39, 0.29) is 5.75 Å². The second-order valence-electron chi connectivity index (χ2n) is 5.39. The number of phenolic OH excluding ortho intramolecular Hbond substituents is 1. The van der Waals surface area contributed by atoms with Gasteiger partial charge < -0.3 is 20.1 Å². The Morgan fingerprint density at radius 1 is 1.18 bits per heavy atom. The fourth-order valence-corrected chi connectivity index (χ4v) is 2.21. The Morgan fingerprint density at radius 3 is 2.64 bits per heavy atom. The lowest BCUT2D eigenvalue weighted by molar-refractivity contribution is 0.0420. The summed E-state index contributed by atoms with van der Waals surface area (Å²) in [5.74, 6) is 0.175. The van der Waals surface area contributed by atoms with Crippen LogP contribution in [0.5, 0.6) is 5.75 Å². The molecule has 22 heavy (non-hydrogen) atoms. The Kier molecular flexibility index (Phi) is 8.82. The van der Waals surface area contributed by atoms with E-state index in [1.165, 1.54) is 0 Å². The summed E-state index contributed by atoms with van der Waals surface area (Å²) in [6, 6.07) is 5.21. The van der Waals surface area contributed by atoms with Gasteiger partial charge >= 0.3 is 0 Å². The molecule has 3 N–H and O–H groups in total. The minimum absolute atomic E-state index is 0.175. The maximum absolute atomic E-state index is 9.98. The van der Waals surface area contributed by atoms with Gasteiger partial charge in [0.2, 0.25) is 0 Å².